The lowest BCUT2D eigenvalue weighted by molar-refractivity contribution is -0.111. The number of ether oxygens (including phenoxy) is 2. The Bertz CT molecular complexity index is 1470. The number of anilines is 4. The topological polar surface area (TPSA) is 115 Å². The highest BCUT2D eigenvalue weighted by molar-refractivity contribution is 6.00. The Morgan fingerprint density at radius 2 is 2.11 bits per heavy atom. The Morgan fingerprint density at radius 3 is 2.92 bits per heavy atom. The summed E-state index contributed by atoms with van der Waals surface area (Å²) in [5, 5.41) is 7.02. The van der Waals surface area contributed by atoms with Gasteiger partial charge in [0.15, 0.2) is 0 Å². The van der Waals surface area contributed by atoms with Gasteiger partial charge in [-0.05, 0) is 35.9 Å². The molecule has 9 nitrogen and oxygen atoms in total. The zero-order valence-electron chi connectivity index (χ0n) is 21.2. The number of nitrogens with two attached hydrogens (primary N) is 1. The summed E-state index contributed by atoms with van der Waals surface area (Å²) >= 11 is 0. The number of hydrogen-bond acceptors (Lipinski definition) is 8. The van der Waals surface area contributed by atoms with Crippen LogP contribution in [0.3, 0.4) is 0 Å². The zero-order chi connectivity index (χ0) is 26.5. The Labute approximate surface area is 221 Å². The first-order valence-electron chi connectivity index (χ1n) is 12.4. The minimum Gasteiger partial charge on any atom is -0.494 e. The number of fused-ring (bicyclic) bond motifs is 1. The lowest BCUT2D eigenvalue weighted by atomic mass is 10.0. The molecule has 5 rings (SSSR count). The highest BCUT2D eigenvalue weighted by Gasteiger charge is 2.23. The summed E-state index contributed by atoms with van der Waals surface area (Å²) in [5.41, 5.74) is 11.0. The predicted octanol–water partition coefficient (Wildman–Crippen LogP) is 4.34. The van der Waals surface area contributed by atoms with E-state index in [0.717, 1.165) is 39.9 Å². The molecule has 38 heavy (non-hydrogen) atoms. The van der Waals surface area contributed by atoms with E-state index < -0.39 is 0 Å². The number of aromatic nitrogens is 2. The predicted molar refractivity (Wildman–Crippen MR) is 151 cm³/mol. The van der Waals surface area contributed by atoms with Crippen molar-refractivity contribution >= 4 is 39.8 Å². The molecule has 0 aliphatic carbocycles. The van der Waals surface area contributed by atoms with E-state index in [9.17, 15) is 4.79 Å². The minimum absolute atomic E-state index is 0.123. The largest absolute Gasteiger partial charge is 0.494 e. The van der Waals surface area contributed by atoms with Gasteiger partial charge in [0.05, 0.1) is 37.6 Å². The molecule has 0 saturated carbocycles. The van der Waals surface area contributed by atoms with Crippen LogP contribution in [0.15, 0.2) is 79.5 Å². The normalized spacial score (nSPS) is 15.2. The summed E-state index contributed by atoms with van der Waals surface area (Å²) in [6.07, 6.45) is 3.03. The number of rotatable bonds is 8. The number of hydrogen-bond donors (Lipinski definition) is 3. The fourth-order valence-corrected chi connectivity index (χ4v) is 4.58. The van der Waals surface area contributed by atoms with E-state index >= 15 is 0 Å². The third-order valence-corrected chi connectivity index (χ3v) is 6.50. The van der Waals surface area contributed by atoms with Gasteiger partial charge in [0.1, 0.15) is 5.75 Å². The van der Waals surface area contributed by atoms with Crippen LogP contribution in [0.4, 0.5) is 23.0 Å². The number of benzene rings is 3. The summed E-state index contributed by atoms with van der Waals surface area (Å²) in [7, 11) is 1.64. The molecular formula is C29H30N6O3. The molecule has 0 radical (unpaired) electrons. The number of amides is 1. The summed E-state index contributed by atoms with van der Waals surface area (Å²) in [5.74, 6) is 0.853. The summed E-state index contributed by atoms with van der Waals surface area (Å²) in [4.78, 5) is 23.4. The van der Waals surface area contributed by atoms with E-state index in [2.05, 4.69) is 27.1 Å². The van der Waals surface area contributed by atoms with Crippen LogP contribution in [0.2, 0.25) is 0 Å². The van der Waals surface area contributed by atoms with Crippen molar-refractivity contribution in [2.24, 2.45) is 5.73 Å². The van der Waals surface area contributed by atoms with Gasteiger partial charge >= 0.3 is 0 Å². The lowest BCUT2D eigenvalue weighted by Gasteiger charge is -2.37. The zero-order valence-corrected chi connectivity index (χ0v) is 21.2. The van der Waals surface area contributed by atoms with Crippen LogP contribution in [-0.2, 0) is 9.53 Å². The van der Waals surface area contributed by atoms with Crippen molar-refractivity contribution in [1.82, 2.24) is 9.97 Å². The van der Waals surface area contributed by atoms with Crippen molar-refractivity contribution < 1.29 is 14.3 Å². The van der Waals surface area contributed by atoms with Gasteiger partial charge in [0.25, 0.3) is 0 Å². The van der Waals surface area contributed by atoms with Crippen LogP contribution >= 0.6 is 0 Å². The maximum absolute atomic E-state index is 11.8. The van der Waals surface area contributed by atoms with Gasteiger partial charge in [-0.15, -0.1) is 0 Å². The van der Waals surface area contributed by atoms with Gasteiger partial charge in [-0.2, -0.15) is 0 Å². The number of para-hydroxylation sites is 1. The molecule has 1 aromatic heterocycles. The van der Waals surface area contributed by atoms with Crippen molar-refractivity contribution in [2.75, 3.05) is 48.9 Å². The molecule has 1 unspecified atom stereocenters. The number of carbonyl (C=O) groups is 1. The second kappa shape index (κ2) is 11.3. The second-order valence-electron chi connectivity index (χ2n) is 8.88. The van der Waals surface area contributed by atoms with Crippen LogP contribution in [0.25, 0.3) is 22.0 Å². The number of morpholine rings is 1. The van der Waals surface area contributed by atoms with Crippen molar-refractivity contribution in [2.45, 2.75) is 6.04 Å². The van der Waals surface area contributed by atoms with Gasteiger partial charge < -0.3 is 30.7 Å². The van der Waals surface area contributed by atoms with Crippen LogP contribution in [0.1, 0.15) is 0 Å². The number of nitrogens with one attached hydrogen (secondary N) is 2. The number of methoxy groups -OCH3 is 1. The molecule has 1 saturated heterocycles. The minimum atomic E-state index is -0.263. The SMILES string of the molecule is C=CC(=O)Nc1cccc(-c2cccc3cnc(Nc4ccc(N5CCOCC5CN)cc4OC)nc23)c1. The van der Waals surface area contributed by atoms with Crippen molar-refractivity contribution in [3.8, 4) is 16.9 Å². The quantitative estimate of drug-likeness (QED) is 0.300. The van der Waals surface area contributed by atoms with Crippen molar-refractivity contribution in [1.29, 1.82) is 0 Å². The van der Waals surface area contributed by atoms with Crippen LogP contribution < -0.4 is 26.0 Å². The van der Waals surface area contributed by atoms with E-state index in [4.69, 9.17) is 20.2 Å². The molecule has 4 N–H and O–H groups in total. The molecule has 0 bridgehead atoms. The number of carbonyl (C=O) groups excluding carboxylic acids is 1. The van der Waals surface area contributed by atoms with Crippen LogP contribution in [0.5, 0.6) is 5.75 Å². The van der Waals surface area contributed by atoms with E-state index in [0.29, 0.717) is 37.1 Å². The Balaban J connectivity index is 1.46. The Hall–Kier alpha value is -4.47. The molecular weight excluding hydrogens is 480 g/mol. The highest BCUT2D eigenvalue weighted by Crippen LogP contribution is 2.34. The molecule has 9 heteroatoms. The molecule has 4 aromatic rings. The molecule has 3 aromatic carbocycles. The number of nitrogens with zero attached hydrogens (tertiary/aromatic N) is 3. The monoisotopic (exact) mass is 510 g/mol. The first kappa shape index (κ1) is 25.2. The summed E-state index contributed by atoms with van der Waals surface area (Å²) < 4.78 is 11.3. The fourth-order valence-electron chi connectivity index (χ4n) is 4.58. The molecule has 1 amide bonds. The maximum atomic E-state index is 11.8. The standard InChI is InChI=1S/C29H30N6O3/c1-3-27(36)32-21-8-4-6-19(14-21)24-9-5-7-20-17-31-29(34-28(20)24)33-25-11-10-22(15-26(25)37-2)35-12-13-38-18-23(35)16-30/h3-11,14-15,17,23H,1,12-13,16,18,30H2,2H3,(H,32,36)(H,31,33,34). The Kier molecular flexibility index (Phi) is 7.48. The summed E-state index contributed by atoms with van der Waals surface area (Å²) in [6, 6.07) is 19.7. The average molecular weight is 511 g/mol. The molecule has 0 spiro atoms. The van der Waals surface area contributed by atoms with E-state index in [1.165, 1.54) is 6.08 Å². The van der Waals surface area contributed by atoms with Gasteiger partial charge in [-0.3, -0.25) is 4.79 Å². The first-order chi connectivity index (χ1) is 18.6. The lowest BCUT2D eigenvalue weighted by Crippen LogP contribution is -2.49. The maximum Gasteiger partial charge on any atom is 0.247 e. The molecule has 1 aliphatic rings. The fraction of sp³-hybridized carbons (Fsp3) is 0.207. The molecule has 194 valence electrons. The van der Waals surface area contributed by atoms with Crippen molar-refractivity contribution in [3.05, 3.63) is 79.5 Å². The van der Waals surface area contributed by atoms with Gasteiger partial charge in [-0.25, -0.2) is 9.97 Å². The Morgan fingerprint density at radius 1 is 1.24 bits per heavy atom. The van der Waals surface area contributed by atoms with E-state index in [1.54, 1.807) is 13.3 Å². The second-order valence-corrected chi connectivity index (χ2v) is 8.88. The van der Waals surface area contributed by atoms with Crippen LogP contribution in [-0.4, -0.2) is 55.3 Å². The smallest absolute Gasteiger partial charge is 0.247 e. The van der Waals surface area contributed by atoms with Gasteiger partial charge in [-0.1, -0.05) is 36.9 Å². The van der Waals surface area contributed by atoms with Gasteiger partial charge in [0, 0.05) is 47.7 Å². The van der Waals surface area contributed by atoms with Gasteiger partial charge in [0.2, 0.25) is 11.9 Å². The van der Waals surface area contributed by atoms with E-state index in [1.807, 2.05) is 60.7 Å². The molecule has 2 heterocycles. The third kappa shape index (κ3) is 5.29. The molecule has 1 aliphatic heterocycles. The highest BCUT2D eigenvalue weighted by atomic mass is 16.5. The third-order valence-electron chi connectivity index (χ3n) is 6.50. The molecule has 1 fully saturated rings. The first-order valence-corrected chi connectivity index (χ1v) is 12.4. The van der Waals surface area contributed by atoms with Crippen LogP contribution in [0, 0.1) is 0 Å². The van der Waals surface area contributed by atoms with E-state index in [-0.39, 0.29) is 11.9 Å². The summed E-state index contributed by atoms with van der Waals surface area (Å²) in [6.45, 7) is 6.07. The molecule has 1 atom stereocenters. The van der Waals surface area contributed by atoms with Crippen molar-refractivity contribution in [3.63, 3.8) is 0 Å². The average Bonchev–Trinajstić information content (AvgIpc) is 2.97.